The van der Waals surface area contributed by atoms with Gasteiger partial charge in [0, 0.05) is 11.4 Å². The van der Waals surface area contributed by atoms with Gasteiger partial charge in [-0.25, -0.2) is 4.39 Å². The number of ether oxygens (including phenoxy) is 1. The molecular formula is C20H17FN2OS. The van der Waals surface area contributed by atoms with Gasteiger partial charge in [-0.2, -0.15) is 5.26 Å². The van der Waals surface area contributed by atoms with E-state index in [1.807, 2.05) is 11.4 Å². The third kappa shape index (κ3) is 4.66. The average Bonchev–Trinajstić information content (AvgIpc) is 3.18. The van der Waals surface area contributed by atoms with Crippen LogP contribution in [0, 0.1) is 17.1 Å². The number of benzene rings is 2. The highest BCUT2D eigenvalue weighted by molar-refractivity contribution is 7.10. The van der Waals surface area contributed by atoms with Crippen LogP contribution in [0.5, 0.6) is 5.75 Å². The lowest BCUT2D eigenvalue weighted by Crippen LogP contribution is -2.26. The van der Waals surface area contributed by atoms with Crippen LogP contribution < -0.4 is 10.1 Å². The number of nitrogens with zero attached hydrogens (tertiary/aromatic N) is 1. The van der Waals surface area contributed by atoms with Crippen molar-refractivity contribution < 1.29 is 9.13 Å². The summed E-state index contributed by atoms with van der Waals surface area (Å²) in [6, 6.07) is 19.7. The molecule has 0 fully saturated rings. The predicted molar refractivity (Wildman–Crippen MR) is 97.2 cm³/mol. The fourth-order valence-corrected chi connectivity index (χ4v) is 3.32. The van der Waals surface area contributed by atoms with E-state index in [-0.39, 0.29) is 11.9 Å². The second-order valence-electron chi connectivity index (χ2n) is 5.44. The van der Waals surface area contributed by atoms with Gasteiger partial charge in [-0.15, -0.1) is 11.3 Å². The molecule has 0 saturated heterocycles. The Morgan fingerprint density at radius 2 is 1.84 bits per heavy atom. The molecule has 0 bridgehead atoms. The first-order valence-electron chi connectivity index (χ1n) is 7.91. The Morgan fingerprint density at radius 3 is 2.48 bits per heavy atom. The van der Waals surface area contributed by atoms with Crippen molar-refractivity contribution in [3.63, 3.8) is 0 Å². The van der Waals surface area contributed by atoms with E-state index in [1.54, 1.807) is 47.7 Å². The summed E-state index contributed by atoms with van der Waals surface area (Å²) in [6.45, 7) is 1.13. The molecule has 5 heteroatoms. The summed E-state index contributed by atoms with van der Waals surface area (Å²) in [7, 11) is 0. The van der Waals surface area contributed by atoms with Crippen LogP contribution >= 0.6 is 11.3 Å². The molecule has 1 N–H and O–H groups in total. The zero-order valence-electron chi connectivity index (χ0n) is 13.5. The Labute approximate surface area is 150 Å². The quantitative estimate of drug-likeness (QED) is 0.636. The molecule has 3 aromatic rings. The summed E-state index contributed by atoms with van der Waals surface area (Å²) in [5.74, 6) is 0.494. The number of hydrogen-bond donors (Lipinski definition) is 1. The molecule has 3 nitrogen and oxygen atoms in total. The lowest BCUT2D eigenvalue weighted by molar-refractivity contribution is 0.310. The van der Waals surface area contributed by atoms with E-state index < -0.39 is 0 Å². The fraction of sp³-hybridized carbons (Fsp3) is 0.150. The summed E-state index contributed by atoms with van der Waals surface area (Å²) >= 11 is 1.66. The van der Waals surface area contributed by atoms with Crippen molar-refractivity contribution in [1.29, 1.82) is 5.26 Å². The molecule has 1 heterocycles. The van der Waals surface area contributed by atoms with E-state index in [2.05, 4.69) is 17.5 Å². The van der Waals surface area contributed by atoms with Crippen molar-refractivity contribution in [2.75, 3.05) is 13.2 Å². The van der Waals surface area contributed by atoms with Gasteiger partial charge in [0.2, 0.25) is 0 Å². The molecule has 0 aliphatic rings. The number of hydrogen-bond acceptors (Lipinski definition) is 4. The van der Waals surface area contributed by atoms with Crippen molar-refractivity contribution in [3.8, 4) is 11.8 Å². The Balaban J connectivity index is 1.59. The molecule has 0 saturated carbocycles. The number of nitriles is 1. The van der Waals surface area contributed by atoms with Crippen LogP contribution in [-0.4, -0.2) is 13.2 Å². The molecule has 2 aromatic carbocycles. The Morgan fingerprint density at radius 1 is 1.08 bits per heavy atom. The molecule has 0 radical (unpaired) electrons. The minimum atomic E-state index is -0.238. The molecule has 1 unspecified atom stereocenters. The summed E-state index contributed by atoms with van der Waals surface area (Å²) in [5, 5.41) is 14.3. The normalized spacial score (nSPS) is 11.7. The van der Waals surface area contributed by atoms with Gasteiger partial charge in [-0.3, -0.25) is 0 Å². The first-order valence-corrected chi connectivity index (χ1v) is 8.79. The van der Waals surface area contributed by atoms with Gasteiger partial charge in [-0.1, -0.05) is 18.2 Å². The summed E-state index contributed by atoms with van der Waals surface area (Å²) in [4.78, 5) is 1.17. The van der Waals surface area contributed by atoms with E-state index >= 15 is 0 Å². The molecule has 25 heavy (non-hydrogen) atoms. The third-order valence-electron chi connectivity index (χ3n) is 3.73. The van der Waals surface area contributed by atoms with Gasteiger partial charge in [0.05, 0.1) is 17.7 Å². The molecule has 0 amide bonds. The molecule has 0 aliphatic heterocycles. The molecular weight excluding hydrogens is 335 g/mol. The second kappa shape index (κ2) is 8.43. The minimum Gasteiger partial charge on any atom is -0.492 e. The van der Waals surface area contributed by atoms with Gasteiger partial charge in [0.1, 0.15) is 18.2 Å². The highest BCUT2D eigenvalue weighted by Gasteiger charge is 2.14. The second-order valence-corrected chi connectivity index (χ2v) is 6.42. The standard InChI is InChI=1S/C20H17FN2OS/c21-17-7-5-16(6-8-17)20(19-2-1-13-25-19)23-11-12-24-18-9-3-15(14-22)4-10-18/h1-10,13,20,23H,11-12H2. The average molecular weight is 352 g/mol. The fourth-order valence-electron chi connectivity index (χ4n) is 2.49. The number of halogens is 1. The molecule has 0 aliphatic carbocycles. The van der Waals surface area contributed by atoms with Crippen molar-refractivity contribution in [2.24, 2.45) is 0 Å². The van der Waals surface area contributed by atoms with E-state index in [1.165, 1.54) is 17.0 Å². The first-order chi connectivity index (χ1) is 12.3. The molecule has 1 atom stereocenters. The maximum Gasteiger partial charge on any atom is 0.123 e. The van der Waals surface area contributed by atoms with E-state index in [9.17, 15) is 4.39 Å². The third-order valence-corrected chi connectivity index (χ3v) is 4.67. The summed E-state index contributed by atoms with van der Waals surface area (Å²) in [6.07, 6.45) is 0. The van der Waals surface area contributed by atoms with Crippen LogP contribution in [0.15, 0.2) is 66.0 Å². The zero-order valence-corrected chi connectivity index (χ0v) is 14.3. The van der Waals surface area contributed by atoms with Gasteiger partial charge in [-0.05, 0) is 53.4 Å². The van der Waals surface area contributed by atoms with Crippen molar-refractivity contribution in [1.82, 2.24) is 5.32 Å². The minimum absolute atomic E-state index is 0.00478. The van der Waals surface area contributed by atoms with Crippen LogP contribution in [0.25, 0.3) is 0 Å². The van der Waals surface area contributed by atoms with Crippen LogP contribution in [0.3, 0.4) is 0 Å². The van der Waals surface area contributed by atoms with Gasteiger partial charge in [0.25, 0.3) is 0 Å². The van der Waals surface area contributed by atoms with Crippen LogP contribution in [0.1, 0.15) is 22.0 Å². The van der Waals surface area contributed by atoms with Gasteiger partial charge >= 0.3 is 0 Å². The Hall–Kier alpha value is -2.68. The zero-order chi connectivity index (χ0) is 17.5. The lowest BCUT2D eigenvalue weighted by Gasteiger charge is -2.18. The predicted octanol–water partition coefficient (Wildman–Crippen LogP) is 4.52. The first kappa shape index (κ1) is 17.2. The van der Waals surface area contributed by atoms with Gasteiger partial charge < -0.3 is 10.1 Å². The van der Waals surface area contributed by atoms with Crippen molar-refractivity contribution in [2.45, 2.75) is 6.04 Å². The number of thiophene rings is 1. The van der Waals surface area contributed by atoms with Crippen molar-refractivity contribution >= 4 is 11.3 Å². The highest BCUT2D eigenvalue weighted by Crippen LogP contribution is 2.26. The molecule has 0 spiro atoms. The largest absolute Gasteiger partial charge is 0.492 e. The van der Waals surface area contributed by atoms with E-state index in [0.717, 1.165) is 11.3 Å². The van der Waals surface area contributed by atoms with Crippen molar-refractivity contribution in [3.05, 3.63) is 87.9 Å². The Bertz CT molecular complexity index is 824. The summed E-state index contributed by atoms with van der Waals surface area (Å²) < 4.78 is 18.9. The maximum absolute atomic E-state index is 13.2. The number of rotatable bonds is 7. The summed E-state index contributed by atoms with van der Waals surface area (Å²) in [5.41, 5.74) is 1.63. The highest BCUT2D eigenvalue weighted by atomic mass is 32.1. The number of nitrogens with one attached hydrogen (secondary N) is 1. The van der Waals surface area contributed by atoms with Gasteiger partial charge in [0.15, 0.2) is 0 Å². The topological polar surface area (TPSA) is 45.0 Å². The van der Waals surface area contributed by atoms with Crippen LogP contribution in [0.2, 0.25) is 0 Å². The van der Waals surface area contributed by atoms with E-state index in [0.29, 0.717) is 18.7 Å². The smallest absolute Gasteiger partial charge is 0.123 e. The molecule has 126 valence electrons. The SMILES string of the molecule is N#Cc1ccc(OCCNC(c2ccc(F)cc2)c2cccs2)cc1. The lowest BCUT2D eigenvalue weighted by atomic mass is 10.1. The maximum atomic E-state index is 13.2. The monoisotopic (exact) mass is 352 g/mol. The van der Waals surface area contributed by atoms with E-state index in [4.69, 9.17) is 10.00 Å². The van der Waals surface area contributed by atoms with Crippen LogP contribution in [0.4, 0.5) is 4.39 Å². The Kier molecular flexibility index (Phi) is 5.78. The molecule has 1 aromatic heterocycles. The van der Waals surface area contributed by atoms with Crippen LogP contribution in [-0.2, 0) is 0 Å². The molecule has 3 rings (SSSR count).